The summed E-state index contributed by atoms with van der Waals surface area (Å²) in [5.74, 6) is 0.442. The number of benzene rings is 2. The van der Waals surface area contributed by atoms with E-state index in [1.54, 1.807) is 41.3 Å². The molecule has 0 aliphatic carbocycles. The molecule has 0 unspecified atom stereocenters. The molecule has 33 heavy (non-hydrogen) atoms. The number of carbonyl (C=O) groups is 1. The molecule has 0 aromatic heterocycles. The third-order valence-corrected chi connectivity index (χ3v) is 7.16. The van der Waals surface area contributed by atoms with Gasteiger partial charge >= 0.3 is 0 Å². The van der Waals surface area contributed by atoms with Gasteiger partial charge in [0, 0.05) is 30.3 Å². The number of likely N-dealkylation sites (N-methyl/N-ethyl adjacent to an activating group) is 1. The van der Waals surface area contributed by atoms with Gasteiger partial charge < -0.3 is 19.6 Å². The molecule has 1 heterocycles. The molecule has 2 aromatic rings. The summed E-state index contributed by atoms with van der Waals surface area (Å²) in [6, 6.07) is 12.8. The van der Waals surface area contributed by atoms with Crippen LogP contribution in [0.4, 0.5) is 5.69 Å². The van der Waals surface area contributed by atoms with Gasteiger partial charge in [-0.1, -0.05) is 25.1 Å². The Hall–Kier alpha value is -2.62. The fourth-order valence-electron chi connectivity index (χ4n) is 3.88. The lowest BCUT2D eigenvalue weighted by atomic mass is 10.0. The van der Waals surface area contributed by atoms with Crippen molar-refractivity contribution >= 4 is 21.6 Å². The Morgan fingerprint density at radius 1 is 1.21 bits per heavy atom. The summed E-state index contributed by atoms with van der Waals surface area (Å²) >= 11 is 0. The van der Waals surface area contributed by atoms with Gasteiger partial charge in [0.15, 0.2) is 0 Å². The summed E-state index contributed by atoms with van der Waals surface area (Å²) in [5, 5.41) is 9.70. The van der Waals surface area contributed by atoms with Crippen molar-refractivity contribution in [2.45, 2.75) is 37.3 Å². The van der Waals surface area contributed by atoms with Gasteiger partial charge in [0.05, 0.1) is 24.0 Å². The Morgan fingerprint density at radius 3 is 2.55 bits per heavy atom. The van der Waals surface area contributed by atoms with Gasteiger partial charge in [-0.2, -0.15) is 0 Å². The van der Waals surface area contributed by atoms with Crippen molar-refractivity contribution in [3.63, 3.8) is 0 Å². The molecule has 3 atom stereocenters. The summed E-state index contributed by atoms with van der Waals surface area (Å²) in [6.07, 6.45) is -0.146. The lowest BCUT2D eigenvalue weighted by Gasteiger charge is -2.33. The van der Waals surface area contributed by atoms with Gasteiger partial charge in [0.1, 0.15) is 11.9 Å². The number of sulfonamides is 1. The van der Waals surface area contributed by atoms with Crippen molar-refractivity contribution in [3.05, 3.63) is 54.1 Å². The van der Waals surface area contributed by atoms with Gasteiger partial charge in [0.2, 0.25) is 5.91 Å². The SMILES string of the molecule is C[C@@H]1CN([C@H](C)CO)C(=O)Cc2cc(NS(=O)(=O)c3ccccc3)ccc2O[C@@H]1CN(C)C. The number of aliphatic hydroxyl groups is 1. The van der Waals surface area contributed by atoms with Crippen LogP contribution in [0.15, 0.2) is 53.4 Å². The molecule has 2 aromatic carbocycles. The second-order valence-corrected chi connectivity index (χ2v) is 10.6. The molecule has 0 saturated heterocycles. The number of rotatable bonds is 7. The molecule has 180 valence electrons. The van der Waals surface area contributed by atoms with E-state index in [1.165, 1.54) is 12.1 Å². The van der Waals surface area contributed by atoms with Crippen molar-refractivity contribution in [2.75, 3.05) is 38.5 Å². The molecule has 0 bridgehead atoms. The predicted molar refractivity (Wildman–Crippen MR) is 128 cm³/mol. The Bertz CT molecular complexity index is 1060. The number of nitrogens with zero attached hydrogens (tertiary/aromatic N) is 2. The minimum Gasteiger partial charge on any atom is -0.488 e. The second-order valence-electron chi connectivity index (χ2n) is 8.89. The van der Waals surface area contributed by atoms with Gasteiger partial charge in [-0.25, -0.2) is 8.42 Å². The van der Waals surface area contributed by atoms with Crippen LogP contribution in [-0.2, 0) is 21.2 Å². The fraction of sp³-hybridized carbons (Fsp3) is 0.458. The van der Waals surface area contributed by atoms with Crippen LogP contribution in [0.2, 0.25) is 0 Å². The first kappa shape index (κ1) is 25.0. The molecular formula is C24H33N3O5S. The molecule has 8 nitrogen and oxygen atoms in total. The zero-order valence-electron chi connectivity index (χ0n) is 19.6. The van der Waals surface area contributed by atoms with E-state index in [4.69, 9.17) is 4.74 Å². The van der Waals surface area contributed by atoms with Gasteiger partial charge in [-0.3, -0.25) is 9.52 Å². The average Bonchev–Trinajstić information content (AvgIpc) is 2.81. The van der Waals surface area contributed by atoms with Crippen LogP contribution >= 0.6 is 0 Å². The van der Waals surface area contributed by atoms with Crippen LogP contribution in [0.25, 0.3) is 0 Å². The van der Waals surface area contributed by atoms with E-state index in [0.717, 1.165) is 0 Å². The third kappa shape index (κ3) is 6.25. The number of fused-ring (bicyclic) bond motifs is 1. The highest BCUT2D eigenvalue weighted by atomic mass is 32.2. The first-order valence-corrected chi connectivity index (χ1v) is 12.5. The number of hydrogen-bond acceptors (Lipinski definition) is 6. The zero-order chi connectivity index (χ0) is 24.2. The van der Waals surface area contributed by atoms with Crippen molar-refractivity contribution in [2.24, 2.45) is 5.92 Å². The van der Waals surface area contributed by atoms with E-state index in [1.807, 2.05) is 32.8 Å². The van der Waals surface area contributed by atoms with Crippen LogP contribution < -0.4 is 9.46 Å². The number of aliphatic hydroxyl groups excluding tert-OH is 1. The molecule has 0 saturated carbocycles. The molecule has 3 rings (SSSR count). The van der Waals surface area contributed by atoms with Crippen molar-refractivity contribution in [1.29, 1.82) is 0 Å². The molecular weight excluding hydrogens is 442 g/mol. The molecule has 0 fully saturated rings. The number of anilines is 1. The van der Waals surface area contributed by atoms with Crippen LogP contribution in [0.5, 0.6) is 5.75 Å². The minimum atomic E-state index is -3.77. The lowest BCUT2D eigenvalue weighted by Crippen LogP contribution is -2.47. The highest BCUT2D eigenvalue weighted by Crippen LogP contribution is 2.30. The molecule has 0 radical (unpaired) electrons. The maximum absolute atomic E-state index is 13.2. The average molecular weight is 476 g/mol. The zero-order valence-corrected chi connectivity index (χ0v) is 20.4. The van der Waals surface area contributed by atoms with Gasteiger partial charge in [0.25, 0.3) is 10.0 Å². The number of carbonyl (C=O) groups excluding carboxylic acids is 1. The van der Waals surface area contributed by atoms with Crippen molar-refractivity contribution in [1.82, 2.24) is 9.80 Å². The largest absolute Gasteiger partial charge is 0.488 e. The Balaban J connectivity index is 1.97. The van der Waals surface area contributed by atoms with E-state index >= 15 is 0 Å². The van der Waals surface area contributed by atoms with Gasteiger partial charge in [-0.05, 0) is 51.4 Å². The summed E-state index contributed by atoms with van der Waals surface area (Å²) < 4.78 is 34.5. The molecule has 2 N–H and O–H groups in total. The number of ether oxygens (including phenoxy) is 1. The van der Waals surface area contributed by atoms with Crippen molar-refractivity contribution < 1.29 is 23.1 Å². The number of hydrogen-bond donors (Lipinski definition) is 2. The smallest absolute Gasteiger partial charge is 0.261 e. The fourth-order valence-corrected chi connectivity index (χ4v) is 4.96. The normalized spacial score (nSPS) is 20.3. The standard InChI is InChI=1S/C24H33N3O5S/c1-17-14-27(18(2)16-28)24(29)13-19-12-20(10-11-22(19)32-23(17)15-26(3)4)25-33(30,31)21-8-6-5-7-9-21/h5-12,17-18,23,25,28H,13-16H2,1-4H3/t17-,18-,23-/m1/s1. The van der Waals surface area contributed by atoms with Crippen LogP contribution in [0.3, 0.4) is 0 Å². The van der Waals surface area contributed by atoms with Crippen LogP contribution in [0.1, 0.15) is 19.4 Å². The van der Waals surface area contributed by atoms with Crippen LogP contribution in [0, 0.1) is 5.92 Å². The second kappa shape index (κ2) is 10.5. The Kier molecular flexibility index (Phi) is 7.99. The maximum Gasteiger partial charge on any atom is 0.261 e. The first-order valence-electron chi connectivity index (χ1n) is 11.0. The molecule has 1 amide bonds. The maximum atomic E-state index is 13.2. The van der Waals surface area contributed by atoms with Gasteiger partial charge in [-0.15, -0.1) is 0 Å². The third-order valence-electron chi connectivity index (χ3n) is 5.77. The molecule has 9 heteroatoms. The van der Waals surface area contributed by atoms with Crippen LogP contribution in [-0.4, -0.2) is 75.2 Å². The monoisotopic (exact) mass is 475 g/mol. The predicted octanol–water partition coefficient (Wildman–Crippen LogP) is 2.20. The summed E-state index contributed by atoms with van der Waals surface area (Å²) in [4.78, 5) is 17.1. The molecule has 1 aliphatic heterocycles. The number of nitrogens with one attached hydrogen (secondary N) is 1. The Morgan fingerprint density at radius 2 is 1.91 bits per heavy atom. The first-order chi connectivity index (χ1) is 15.6. The number of amides is 1. The van der Waals surface area contributed by atoms with E-state index in [-0.39, 0.29) is 41.9 Å². The van der Waals surface area contributed by atoms with E-state index in [0.29, 0.717) is 30.1 Å². The summed E-state index contributed by atoms with van der Waals surface area (Å²) in [7, 11) is 0.159. The summed E-state index contributed by atoms with van der Waals surface area (Å²) in [6.45, 7) is 4.82. The Labute approximate surface area is 196 Å². The highest BCUT2D eigenvalue weighted by Gasteiger charge is 2.31. The van der Waals surface area contributed by atoms with E-state index in [9.17, 15) is 18.3 Å². The van der Waals surface area contributed by atoms with Crippen molar-refractivity contribution in [3.8, 4) is 5.75 Å². The summed E-state index contributed by atoms with van der Waals surface area (Å²) in [5.41, 5.74) is 0.952. The highest BCUT2D eigenvalue weighted by molar-refractivity contribution is 7.92. The topological polar surface area (TPSA) is 99.2 Å². The molecule has 0 spiro atoms. The lowest BCUT2D eigenvalue weighted by molar-refractivity contribution is -0.134. The minimum absolute atomic E-state index is 0.0209. The quantitative estimate of drug-likeness (QED) is 0.637. The van der Waals surface area contributed by atoms with E-state index in [2.05, 4.69) is 4.72 Å². The molecule has 1 aliphatic rings. The van der Waals surface area contributed by atoms with E-state index < -0.39 is 10.0 Å².